The summed E-state index contributed by atoms with van der Waals surface area (Å²) in [5, 5.41) is 28.2. The highest BCUT2D eigenvalue weighted by Crippen LogP contribution is 2.22. The van der Waals surface area contributed by atoms with E-state index in [9.17, 15) is 15.5 Å². The number of aliphatic hydroxyl groups is 2. The van der Waals surface area contributed by atoms with Gasteiger partial charge in [-0.2, -0.15) is 9.66 Å². The van der Waals surface area contributed by atoms with E-state index < -0.39 is 0 Å². The van der Waals surface area contributed by atoms with Gasteiger partial charge in [0.15, 0.2) is 0 Å². The number of hydrogen-bond acceptors (Lipinski definition) is 4. The number of aliphatic hydroxyl groups excluding tert-OH is 2. The molecule has 0 radical (unpaired) electrons. The van der Waals surface area contributed by atoms with Gasteiger partial charge in [-0.15, -0.1) is 0 Å². The van der Waals surface area contributed by atoms with E-state index in [1.165, 1.54) is 0 Å². The summed E-state index contributed by atoms with van der Waals surface area (Å²) in [7, 11) is 0. The van der Waals surface area contributed by atoms with Crippen LogP contribution >= 0.6 is 0 Å². The van der Waals surface area contributed by atoms with Crippen molar-refractivity contribution in [1.29, 1.82) is 5.26 Å². The van der Waals surface area contributed by atoms with Gasteiger partial charge in [-0.1, -0.05) is 12.1 Å². The molecule has 23 heavy (non-hydrogen) atoms. The number of aromatic amines is 1. The molecular weight excluding hydrogens is 292 g/mol. The molecule has 1 aromatic carbocycles. The number of benzene rings is 1. The van der Waals surface area contributed by atoms with E-state index in [-0.39, 0.29) is 13.2 Å². The van der Waals surface area contributed by atoms with Gasteiger partial charge in [0.2, 0.25) is 11.5 Å². The molecule has 0 saturated heterocycles. The van der Waals surface area contributed by atoms with E-state index in [1.54, 1.807) is 0 Å². The molecular formula is C17H19N4O2+. The summed E-state index contributed by atoms with van der Waals surface area (Å²) < 4.78 is 1.98. The number of aromatic nitrogens is 2. The molecule has 0 aliphatic carbocycles. The number of pyridine rings is 1. The van der Waals surface area contributed by atoms with E-state index in [4.69, 9.17) is 0 Å². The second-order valence-corrected chi connectivity index (χ2v) is 5.43. The number of rotatable bonds is 5. The van der Waals surface area contributed by atoms with Crippen molar-refractivity contribution in [1.82, 2.24) is 4.98 Å². The molecule has 0 bridgehead atoms. The van der Waals surface area contributed by atoms with E-state index in [1.807, 2.05) is 46.6 Å². The number of imidazole rings is 1. The fourth-order valence-electron chi connectivity index (χ4n) is 2.96. The topological polar surface area (TPSA) is 87.4 Å². The Bertz CT molecular complexity index is 889. The summed E-state index contributed by atoms with van der Waals surface area (Å²) in [6.07, 6.45) is 0. The molecule has 3 aromatic rings. The Labute approximate surface area is 133 Å². The van der Waals surface area contributed by atoms with Crippen LogP contribution in [-0.2, 0) is 0 Å². The Morgan fingerprint density at radius 3 is 2.57 bits per heavy atom. The molecule has 0 saturated carbocycles. The van der Waals surface area contributed by atoms with Crippen LogP contribution in [0.4, 0.5) is 5.82 Å². The smallest absolute Gasteiger partial charge is 0.250 e. The Kier molecular flexibility index (Phi) is 4.15. The third-order valence-electron chi connectivity index (χ3n) is 4.00. The maximum absolute atomic E-state index is 9.50. The molecule has 6 heteroatoms. The molecule has 0 amide bonds. The highest BCUT2D eigenvalue weighted by Gasteiger charge is 2.24. The van der Waals surface area contributed by atoms with Gasteiger partial charge in [0.25, 0.3) is 0 Å². The van der Waals surface area contributed by atoms with Crippen molar-refractivity contribution in [3.8, 4) is 6.07 Å². The lowest BCUT2D eigenvalue weighted by molar-refractivity contribution is -0.467. The van der Waals surface area contributed by atoms with Gasteiger partial charge < -0.3 is 10.2 Å². The average Bonchev–Trinajstić information content (AvgIpc) is 2.93. The molecule has 2 aromatic heterocycles. The number of hydrogen-bond donors (Lipinski definition) is 3. The summed E-state index contributed by atoms with van der Waals surface area (Å²) in [4.78, 5) is 5.22. The molecule has 2 heterocycles. The van der Waals surface area contributed by atoms with Crippen LogP contribution in [-0.4, -0.2) is 41.5 Å². The largest absolute Gasteiger partial charge is 0.393 e. The molecule has 0 fully saturated rings. The van der Waals surface area contributed by atoms with Crippen LogP contribution in [0, 0.1) is 18.3 Å². The van der Waals surface area contributed by atoms with Crippen LogP contribution in [0.15, 0.2) is 30.3 Å². The lowest BCUT2D eigenvalue weighted by atomic mass is 10.1. The molecule has 0 spiro atoms. The first kappa shape index (κ1) is 15.3. The van der Waals surface area contributed by atoms with E-state index in [2.05, 4.69) is 11.1 Å². The van der Waals surface area contributed by atoms with Crippen molar-refractivity contribution in [3.63, 3.8) is 0 Å². The number of aryl methyl sites for hydroxylation is 1. The average molecular weight is 311 g/mol. The lowest BCUT2D eigenvalue weighted by Gasteiger charge is -2.19. The molecule has 3 N–H and O–H groups in total. The highest BCUT2D eigenvalue weighted by molar-refractivity contribution is 5.77. The van der Waals surface area contributed by atoms with Gasteiger partial charge in [0.1, 0.15) is 22.7 Å². The molecule has 0 unspecified atom stereocenters. The van der Waals surface area contributed by atoms with Crippen molar-refractivity contribution in [2.24, 2.45) is 0 Å². The lowest BCUT2D eigenvalue weighted by Crippen LogP contribution is -2.39. The Hall–Kier alpha value is -2.62. The number of nitrogens with zero attached hydrogens (tertiary/aromatic N) is 3. The standard InChI is InChI=1S/C17H18N4O2/c1-12-10-16(20(6-8-22)7-9-23)21-15-5-3-2-4-14(15)19-17(21)13(12)11-18/h2-5,10,22-23H,6-9H2,1H3/p+1. The van der Waals surface area contributed by atoms with Crippen molar-refractivity contribution in [3.05, 3.63) is 41.5 Å². The number of fused-ring (bicyclic) bond motifs is 3. The fourth-order valence-corrected chi connectivity index (χ4v) is 2.96. The number of anilines is 1. The molecule has 0 atom stereocenters. The van der Waals surface area contributed by atoms with Crippen LogP contribution in [0.5, 0.6) is 0 Å². The summed E-state index contributed by atoms with van der Waals surface area (Å²) in [6, 6.07) is 12.0. The quantitative estimate of drug-likeness (QED) is 0.610. The molecule has 0 aliphatic heterocycles. The van der Waals surface area contributed by atoms with Crippen LogP contribution in [0.1, 0.15) is 11.1 Å². The third-order valence-corrected chi connectivity index (χ3v) is 4.00. The summed E-state index contributed by atoms with van der Waals surface area (Å²) >= 11 is 0. The predicted octanol–water partition coefficient (Wildman–Crippen LogP) is 0.878. The normalized spacial score (nSPS) is 11.0. The maximum atomic E-state index is 9.50. The van der Waals surface area contributed by atoms with E-state index >= 15 is 0 Å². The van der Waals surface area contributed by atoms with Crippen molar-refractivity contribution < 1.29 is 14.6 Å². The van der Waals surface area contributed by atoms with Crippen LogP contribution in [0.3, 0.4) is 0 Å². The van der Waals surface area contributed by atoms with Gasteiger partial charge in [0, 0.05) is 6.07 Å². The minimum Gasteiger partial charge on any atom is -0.393 e. The van der Waals surface area contributed by atoms with Gasteiger partial charge in [-0.3, -0.25) is 9.88 Å². The number of nitriles is 1. The summed E-state index contributed by atoms with van der Waals surface area (Å²) in [5.74, 6) is 0.844. The molecule has 118 valence electrons. The first-order chi connectivity index (χ1) is 11.2. The SMILES string of the molecule is Cc1cc(N(CCO)CCO)[n+]2c([nH]c3ccccc32)c1C#N. The van der Waals surface area contributed by atoms with Gasteiger partial charge in [-0.25, -0.2) is 0 Å². The first-order valence-electron chi connectivity index (χ1n) is 7.54. The van der Waals surface area contributed by atoms with Gasteiger partial charge >= 0.3 is 0 Å². The van der Waals surface area contributed by atoms with Gasteiger partial charge in [0.05, 0.1) is 26.3 Å². The number of para-hydroxylation sites is 2. The fraction of sp³-hybridized carbons (Fsp3) is 0.294. The minimum absolute atomic E-state index is 0.0105. The highest BCUT2D eigenvalue weighted by atomic mass is 16.3. The van der Waals surface area contributed by atoms with Crippen LogP contribution in [0.25, 0.3) is 16.7 Å². The van der Waals surface area contributed by atoms with Crippen molar-refractivity contribution in [2.45, 2.75) is 6.92 Å². The van der Waals surface area contributed by atoms with Crippen LogP contribution < -0.4 is 9.30 Å². The Morgan fingerprint density at radius 1 is 1.22 bits per heavy atom. The van der Waals surface area contributed by atoms with E-state index in [0.717, 1.165) is 28.1 Å². The van der Waals surface area contributed by atoms with Crippen LogP contribution in [0.2, 0.25) is 0 Å². The molecule has 0 aliphatic rings. The monoisotopic (exact) mass is 311 g/mol. The minimum atomic E-state index is -0.0105. The second kappa shape index (κ2) is 6.24. The zero-order chi connectivity index (χ0) is 16.4. The van der Waals surface area contributed by atoms with Crippen molar-refractivity contribution >= 4 is 22.5 Å². The first-order valence-corrected chi connectivity index (χ1v) is 7.54. The molecule has 3 rings (SSSR count). The van der Waals surface area contributed by atoms with E-state index in [0.29, 0.717) is 18.7 Å². The summed E-state index contributed by atoms with van der Waals surface area (Å²) in [6.45, 7) is 2.69. The zero-order valence-electron chi connectivity index (χ0n) is 13.0. The molecule has 6 nitrogen and oxygen atoms in total. The summed E-state index contributed by atoms with van der Waals surface area (Å²) in [5.41, 5.74) is 4.07. The number of H-pyrrole nitrogens is 1. The zero-order valence-corrected chi connectivity index (χ0v) is 13.0. The Balaban J connectivity index is 2.39. The number of nitrogens with one attached hydrogen (secondary N) is 1. The third kappa shape index (κ3) is 2.50. The second-order valence-electron chi connectivity index (χ2n) is 5.43. The maximum Gasteiger partial charge on any atom is 0.250 e. The van der Waals surface area contributed by atoms with Crippen molar-refractivity contribution in [2.75, 3.05) is 31.2 Å². The Morgan fingerprint density at radius 2 is 1.91 bits per heavy atom. The predicted molar refractivity (Wildman–Crippen MR) is 87.3 cm³/mol. The van der Waals surface area contributed by atoms with Gasteiger partial charge in [-0.05, 0) is 24.6 Å².